The van der Waals surface area contributed by atoms with Gasteiger partial charge in [-0.15, -0.1) is 11.3 Å². The molecule has 31 heavy (non-hydrogen) atoms. The van der Waals surface area contributed by atoms with Crippen LogP contribution in [-0.4, -0.2) is 37.9 Å². The molecule has 0 aliphatic rings. The van der Waals surface area contributed by atoms with E-state index >= 15 is 0 Å². The summed E-state index contributed by atoms with van der Waals surface area (Å²) in [5.41, 5.74) is 4.57. The van der Waals surface area contributed by atoms with Gasteiger partial charge in [0.2, 0.25) is 5.91 Å². The lowest BCUT2D eigenvalue weighted by Crippen LogP contribution is -2.21. The predicted octanol–water partition coefficient (Wildman–Crippen LogP) is 3.48. The molecule has 2 N–H and O–H groups in total. The average molecular weight is 435 g/mol. The van der Waals surface area contributed by atoms with Crippen molar-refractivity contribution in [2.45, 2.75) is 26.7 Å². The SMILES string of the molecule is CC(=O)NCCCc1ccc(-c2csc(NC(=O)c3c(C)nn4cccnc34)n2)cc1. The van der Waals surface area contributed by atoms with Gasteiger partial charge in [-0.2, -0.15) is 5.10 Å². The smallest absolute Gasteiger partial charge is 0.263 e. The minimum atomic E-state index is -0.276. The molecule has 0 spiro atoms. The number of amides is 2. The molecule has 158 valence electrons. The fourth-order valence-electron chi connectivity index (χ4n) is 3.28. The van der Waals surface area contributed by atoms with Gasteiger partial charge < -0.3 is 5.32 Å². The van der Waals surface area contributed by atoms with Gasteiger partial charge in [0.25, 0.3) is 5.91 Å². The van der Waals surface area contributed by atoms with E-state index in [2.05, 4.69) is 37.8 Å². The maximum atomic E-state index is 12.8. The van der Waals surface area contributed by atoms with Crippen molar-refractivity contribution in [1.82, 2.24) is 24.9 Å². The first-order chi connectivity index (χ1) is 15.0. The number of carbonyl (C=O) groups excluding carboxylic acids is 2. The lowest BCUT2D eigenvalue weighted by atomic mass is 10.1. The zero-order valence-electron chi connectivity index (χ0n) is 17.3. The maximum Gasteiger partial charge on any atom is 0.263 e. The van der Waals surface area contributed by atoms with Gasteiger partial charge in [0.05, 0.1) is 11.4 Å². The van der Waals surface area contributed by atoms with E-state index in [0.29, 0.717) is 28.6 Å². The van der Waals surface area contributed by atoms with Gasteiger partial charge in [-0.1, -0.05) is 24.3 Å². The molecule has 0 saturated carbocycles. The van der Waals surface area contributed by atoms with Gasteiger partial charge in [-0.25, -0.2) is 14.5 Å². The normalized spacial score (nSPS) is 10.9. The highest BCUT2D eigenvalue weighted by Gasteiger charge is 2.19. The predicted molar refractivity (Wildman–Crippen MR) is 120 cm³/mol. The molecule has 3 heterocycles. The van der Waals surface area contributed by atoms with E-state index in [-0.39, 0.29) is 11.8 Å². The summed E-state index contributed by atoms with van der Waals surface area (Å²) < 4.78 is 1.59. The molecule has 0 radical (unpaired) electrons. The van der Waals surface area contributed by atoms with Crippen molar-refractivity contribution < 1.29 is 9.59 Å². The summed E-state index contributed by atoms with van der Waals surface area (Å²) in [6, 6.07) is 9.94. The van der Waals surface area contributed by atoms with Crippen LogP contribution in [0, 0.1) is 6.92 Å². The minimum Gasteiger partial charge on any atom is -0.356 e. The number of thiazole rings is 1. The van der Waals surface area contributed by atoms with Gasteiger partial charge in [-0.3, -0.25) is 14.9 Å². The first-order valence-corrected chi connectivity index (χ1v) is 10.8. The number of carbonyl (C=O) groups is 2. The van der Waals surface area contributed by atoms with Crippen molar-refractivity contribution in [2.24, 2.45) is 0 Å². The monoisotopic (exact) mass is 434 g/mol. The number of aromatic nitrogens is 4. The first-order valence-electron chi connectivity index (χ1n) is 9.92. The minimum absolute atomic E-state index is 0.00483. The summed E-state index contributed by atoms with van der Waals surface area (Å²) in [5, 5.41) is 12.4. The molecule has 0 aliphatic heterocycles. The number of hydrogen-bond donors (Lipinski definition) is 2. The van der Waals surface area contributed by atoms with Crippen LogP contribution < -0.4 is 10.6 Å². The Bertz CT molecular complexity index is 1230. The van der Waals surface area contributed by atoms with Crippen LogP contribution in [0.1, 0.15) is 35.0 Å². The number of nitrogens with zero attached hydrogens (tertiary/aromatic N) is 4. The van der Waals surface area contributed by atoms with Crippen molar-refractivity contribution in [2.75, 3.05) is 11.9 Å². The van der Waals surface area contributed by atoms with Crippen LogP contribution in [0.2, 0.25) is 0 Å². The lowest BCUT2D eigenvalue weighted by molar-refractivity contribution is -0.118. The molecule has 0 unspecified atom stereocenters. The first kappa shape index (κ1) is 20.7. The van der Waals surface area contributed by atoms with Crippen LogP contribution in [0.25, 0.3) is 16.9 Å². The van der Waals surface area contributed by atoms with Crippen molar-refractivity contribution in [3.05, 3.63) is 64.9 Å². The van der Waals surface area contributed by atoms with E-state index in [0.717, 1.165) is 24.1 Å². The third-order valence-electron chi connectivity index (χ3n) is 4.79. The second kappa shape index (κ2) is 9.05. The Hall–Kier alpha value is -3.59. The molecule has 4 aromatic rings. The number of aryl methyl sites for hydroxylation is 2. The summed E-state index contributed by atoms with van der Waals surface area (Å²) in [6.45, 7) is 3.98. The van der Waals surface area contributed by atoms with Crippen LogP contribution in [0.4, 0.5) is 5.13 Å². The van der Waals surface area contributed by atoms with E-state index in [9.17, 15) is 9.59 Å². The topological polar surface area (TPSA) is 101 Å². The van der Waals surface area contributed by atoms with E-state index in [1.54, 1.807) is 29.9 Å². The van der Waals surface area contributed by atoms with E-state index in [1.807, 2.05) is 17.5 Å². The molecule has 0 saturated heterocycles. The molecular weight excluding hydrogens is 412 g/mol. The molecule has 0 aliphatic carbocycles. The Morgan fingerprint density at radius 1 is 1.19 bits per heavy atom. The zero-order chi connectivity index (χ0) is 21.8. The Kier molecular flexibility index (Phi) is 6.03. The number of hydrogen-bond acceptors (Lipinski definition) is 6. The van der Waals surface area contributed by atoms with E-state index in [1.165, 1.54) is 23.8 Å². The number of benzene rings is 1. The summed E-state index contributed by atoms with van der Waals surface area (Å²) >= 11 is 1.37. The lowest BCUT2D eigenvalue weighted by Gasteiger charge is -2.04. The van der Waals surface area contributed by atoms with Crippen LogP contribution in [-0.2, 0) is 11.2 Å². The molecule has 2 amide bonds. The van der Waals surface area contributed by atoms with E-state index < -0.39 is 0 Å². The third-order valence-corrected chi connectivity index (χ3v) is 5.55. The van der Waals surface area contributed by atoms with Crippen molar-refractivity contribution in [1.29, 1.82) is 0 Å². The van der Waals surface area contributed by atoms with Crippen LogP contribution in [0.5, 0.6) is 0 Å². The Balaban J connectivity index is 1.41. The fraction of sp³-hybridized carbons (Fsp3) is 0.227. The van der Waals surface area contributed by atoms with Crippen LogP contribution in [0.3, 0.4) is 0 Å². The molecular formula is C22H22N6O2S. The number of fused-ring (bicyclic) bond motifs is 1. The van der Waals surface area contributed by atoms with Gasteiger partial charge in [0, 0.05) is 36.8 Å². The summed E-state index contributed by atoms with van der Waals surface area (Å²) in [7, 11) is 0. The number of anilines is 1. The van der Waals surface area contributed by atoms with Crippen LogP contribution in [0.15, 0.2) is 48.1 Å². The quantitative estimate of drug-likeness (QED) is 0.434. The third kappa shape index (κ3) is 4.77. The largest absolute Gasteiger partial charge is 0.356 e. The highest BCUT2D eigenvalue weighted by Crippen LogP contribution is 2.26. The molecule has 8 nitrogen and oxygen atoms in total. The highest BCUT2D eigenvalue weighted by molar-refractivity contribution is 7.14. The molecule has 0 bridgehead atoms. The van der Waals surface area contributed by atoms with Gasteiger partial charge in [0.15, 0.2) is 10.8 Å². The summed E-state index contributed by atoms with van der Waals surface area (Å²) in [6.07, 6.45) is 5.19. The number of nitrogens with one attached hydrogen (secondary N) is 2. The summed E-state index contributed by atoms with van der Waals surface area (Å²) in [5.74, 6) is -0.281. The standard InChI is InChI=1S/C22H22N6O2S/c1-14-19(20-24-11-4-12-28(20)27-14)21(30)26-22-25-18(13-31-22)17-8-6-16(7-9-17)5-3-10-23-15(2)29/h4,6-9,11-13H,3,5,10H2,1-2H3,(H,23,29)(H,25,26,30). The van der Waals surface area contributed by atoms with Crippen LogP contribution >= 0.6 is 11.3 Å². The Morgan fingerprint density at radius 3 is 2.77 bits per heavy atom. The van der Waals surface area contributed by atoms with Crippen molar-refractivity contribution >= 4 is 33.9 Å². The Labute approximate surface area is 183 Å². The zero-order valence-corrected chi connectivity index (χ0v) is 18.1. The van der Waals surface area contributed by atoms with Gasteiger partial charge in [0.1, 0.15) is 5.56 Å². The second-order valence-electron chi connectivity index (χ2n) is 7.12. The molecule has 1 aromatic carbocycles. The van der Waals surface area contributed by atoms with Crippen molar-refractivity contribution in [3.63, 3.8) is 0 Å². The maximum absolute atomic E-state index is 12.8. The fourth-order valence-corrected chi connectivity index (χ4v) is 4.00. The van der Waals surface area contributed by atoms with Crippen molar-refractivity contribution in [3.8, 4) is 11.3 Å². The molecule has 4 rings (SSSR count). The second-order valence-corrected chi connectivity index (χ2v) is 7.98. The number of rotatable bonds is 7. The van der Waals surface area contributed by atoms with E-state index in [4.69, 9.17) is 0 Å². The summed E-state index contributed by atoms with van der Waals surface area (Å²) in [4.78, 5) is 32.5. The molecule has 0 fully saturated rings. The highest BCUT2D eigenvalue weighted by atomic mass is 32.1. The van der Waals surface area contributed by atoms with Gasteiger partial charge >= 0.3 is 0 Å². The molecule has 3 aromatic heterocycles. The molecule has 0 atom stereocenters. The Morgan fingerprint density at radius 2 is 2.00 bits per heavy atom. The molecule has 9 heteroatoms. The van der Waals surface area contributed by atoms with Gasteiger partial charge in [-0.05, 0) is 31.4 Å². The average Bonchev–Trinajstić information content (AvgIpc) is 3.35.